The van der Waals surface area contributed by atoms with Gasteiger partial charge in [0.2, 0.25) is 10.0 Å². The summed E-state index contributed by atoms with van der Waals surface area (Å²) in [6.45, 7) is 5.46. The van der Waals surface area contributed by atoms with E-state index in [0.717, 1.165) is 25.1 Å². The second-order valence-electron chi connectivity index (χ2n) is 8.85. The van der Waals surface area contributed by atoms with E-state index < -0.39 is 10.0 Å². The zero-order valence-electron chi connectivity index (χ0n) is 18.9. The lowest BCUT2D eigenvalue weighted by Gasteiger charge is -2.33. The Labute approximate surface area is 200 Å². The lowest BCUT2D eigenvalue weighted by Crippen LogP contribution is -2.49. The number of fused-ring (bicyclic) bond motifs is 1. The van der Waals surface area contributed by atoms with Gasteiger partial charge in [0.05, 0.1) is 18.1 Å². The molecule has 1 fully saturated rings. The Morgan fingerprint density at radius 2 is 1.70 bits per heavy atom. The first-order valence-electron chi connectivity index (χ1n) is 11.4. The highest BCUT2D eigenvalue weighted by Crippen LogP contribution is 2.26. The molecule has 0 atom stereocenters. The Morgan fingerprint density at radius 1 is 0.970 bits per heavy atom. The summed E-state index contributed by atoms with van der Waals surface area (Å²) < 4.78 is 32.6. The Bertz CT molecular complexity index is 1310. The molecule has 5 rings (SSSR count). The van der Waals surface area contributed by atoms with Crippen LogP contribution >= 0.6 is 12.2 Å². The second-order valence-corrected chi connectivity index (χ2v) is 11.2. The minimum atomic E-state index is -3.47. The van der Waals surface area contributed by atoms with Crippen LogP contribution in [0, 0.1) is 11.7 Å². The topological polar surface area (TPSA) is 63.4 Å². The first kappa shape index (κ1) is 22.5. The third-order valence-corrected chi connectivity index (χ3v) is 8.99. The summed E-state index contributed by atoms with van der Waals surface area (Å²) >= 11 is 5.70. The van der Waals surface area contributed by atoms with Crippen molar-refractivity contribution in [3.63, 3.8) is 0 Å². The average Bonchev–Trinajstić information content (AvgIpc) is 3.40. The van der Waals surface area contributed by atoms with Gasteiger partial charge in [0, 0.05) is 26.2 Å². The number of hydrogen-bond acceptors (Lipinski definition) is 5. The van der Waals surface area contributed by atoms with E-state index in [1.54, 1.807) is 10.4 Å². The molecular weight excluding hydrogens is 454 g/mol. The third kappa shape index (κ3) is 4.55. The van der Waals surface area contributed by atoms with Crippen LogP contribution in [0.1, 0.15) is 28.9 Å². The maximum atomic E-state index is 13.2. The molecule has 0 spiro atoms. The molecule has 1 aliphatic carbocycles. The Balaban J connectivity index is 1.24. The number of nitrogens with zero attached hydrogens (tertiary/aromatic N) is 5. The number of benzene rings is 2. The summed E-state index contributed by atoms with van der Waals surface area (Å²) in [7, 11) is -3.47. The van der Waals surface area contributed by atoms with Crippen LogP contribution in [0.3, 0.4) is 0 Å². The van der Waals surface area contributed by atoms with Gasteiger partial charge in [-0.1, -0.05) is 36.4 Å². The molecule has 1 aliphatic heterocycles. The van der Waals surface area contributed by atoms with Crippen LogP contribution in [0.2, 0.25) is 0 Å². The fourth-order valence-electron chi connectivity index (χ4n) is 4.75. The van der Waals surface area contributed by atoms with E-state index in [9.17, 15) is 8.42 Å². The normalized spacial score (nSPS) is 17.4. The second kappa shape index (κ2) is 9.13. The molecular formula is C24H29N5O2S2. The van der Waals surface area contributed by atoms with E-state index in [-0.39, 0.29) is 0 Å². The van der Waals surface area contributed by atoms with Gasteiger partial charge in [0.15, 0.2) is 4.77 Å². The summed E-state index contributed by atoms with van der Waals surface area (Å²) in [4.78, 5) is 2.64. The van der Waals surface area contributed by atoms with Gasteiger partial charge in [-0.05, 0) is 67.2 Å². The molecule has 3 aromatic rings. The summed E-state index contributed by atoms with van der Waals surface area (Å²) in [6, 6.07) is 15.9. The van der Waals surface area contributed by atoms with Gasteiger partial charge in [-0.3, -0.25) is 9.47 Å². The van der Waals surface area contributed by atoms with Gasteiger partial charge in [-0.25, -0.2) is 13.1 Å². The van der Waals surface area contributed by atoms with Crippen molar-refractivity contribution in [2.75, 3.05) is 26.2 Å². The molecule has 0 N–H and O–H groups in total. The maximum absolute atomic E-state index is 13.2. The number of aryl methyl sites for hydroxylation is 3. The van der Waals surface area contributed by atoms with Crippen LogP contribution in [-0.2, 0) is 36.1 Å². The van der Waals surface area contributed by atoms with Crippen molar-refractivity contribution in [3.05, 3.63) is 75.8 Å². The van der Waals surface area contributed by atoms with Crippen molar-refractivity contribution in [1.82, 2.24) is 23.6 Å². The third-order valence-electron chi connectivity index (χ3n) is 6.66. The predicted octanol–water partition coefficient (Wildman–Crippen LogP) is 3.22. The Morgan fingerprint density at radius 3 is 2.45 bits per heavy atom. The molecule has 1 aromatic heterocycles. The van der Waals surface area contributed by atoms with Crippen molar-refractivity contribution in [3.8, 4) is 0 Å². The highest BCUT2D eigenvalue weighted by atomic mass is 32.2. The van der Waals surface area contributed by atoms with Crippen molar-refractivity contribution >= 4 is 22.2 Å². The molecule has 2 aliphatic rings. The first-order valence-corrected chi connectivity index (χ1v) is 13.3. The van der Waals surface area contributed by atoms with Crippen molar-refractivity contribution in [1.29, 1.82) is 0 Å². The van der Waals surface area contributed by atoms with Crippen LogP contribution in [-0.4, -0.2) is 58.1 Å². The van der Waals surface area contributed by atoms with E-state index in [4.69, 9.17) is 12.2 Å². The molecule has 33 heavy (non-hydrogen) atoms. The molecule has 1 saturated heterocycles. The molecule has 7 nitrogen and oxygen atoms in total. The van der Waals surface area contributed by atoms with Crippen molar-refractivity contribution in [2.24, 2.45) is 0 Å². The molecule has 2 aromatic carbocycles. The first-order chi connectivity index (χ1) is 15.9. The number of aromatic nitrogens is 3. The highest BCUT2D eigenvalue weighted by molar-refractivity contribution is 7.89. The molecule has 0 bridgehead atoms. The molecule has 0 unspecified atom stereocenters. The summed E-state index contributed by atoms with van der Waals surface area (Å²) in [5, 5.41) is 4.65. The zero-order chi connectivity index (χ0) is 23.0. The summed E-state index contributed by atoms with van der Waals surface area (Å²) in [5.74, 6) is 0.877. The fraction of sp³-hybridized carbons (Fsp3) is 0.417. The highest BCUT2D eigenvalue weighted by Gasteiger charge is 2.29. The zero-order valence-corrected chi connectivity index (χ0v) is 20.5. The van der Waals surface area contributed by atoms with E-state index >= 15 is 0 Å². The van der Waals surface area contributed by atoms with Crippen LogP contribution in [0.15, 0.2) is 53.4 Å². The lowest BCUT2D eigenvalue weighted by molar-refractivity contribution is 0.144. The minimum Gasteiger partial charge on any atom is -0.300 e. The number of hydrogen-bond donors (Lipinski definition) is 0. The SMILES string of the molecule is Cc1nn(CN2CCN(S(=O)(=O)c3ccc4c(c3)CCC4)CC2)c(=S)n1Cc1ccccc1. The van der Waals surface area contributed by atoms with E-state index in [1.165, 1.54) is 16.7 Å². The fourth-order valence-corrected chi connectivity index (χ4v) is 6.52. The molecule has 0 radical (unpaired) electrons. The molecule has 174 valence electrons. The number of piperazine rings is 1. The van der Waals surface area contributed by atoms with Crippen LogP contribution < -0.4 is 0 Å². The largest absolute Gasteiger partial charge is 0.300 e. The summed E-state index contributed by atoms with van der Waals surface area (Å²) in [5.41, 5.74) is 3.66. The Kier molecular flexibility index (Phi) is 6.22. The maximum Gasteiger partial charge on any atom is 0.243 e. The summed E-state index contributed by atoms with van der Waals surface area (Å²) in [6.07, 6.45) is 3.14. The monoisotopic (exact) mass is 483 g/mol. The van der Waals surface area contributed by atoms with E-state index in [0.29, 0.717) is 49.1 Å². The van der Waals surface area contributed by atoms with Crippen molar-refractivity contribution in [2.45, 2.75) is 44.3 Å². The van der Waals surface area contributed by atoms with Gasteiger partial charge < -0.3 is 0 Å². The minimum absolute atomic E-state index is 0.425. The lowest BCUT2D eigenvalue weighted by atomic mass is 10.1. The van der Waals surface area contributed by atoms with Crippen LogP contribution in [0.5, 0.6) is 0 Å². The molecule has 0 saturated carbocycles. The molecule has 2 heterocycles. The quantitative estimate of drug-likeness (QED) is 0.504. The van der Waals surface area contributed by atoms with E-state index in [2.05, 4.69) is 22.1 Å². The molecule has 9 heteroatoms. The van der Waals surface area contributed by atoms with E-state index in [1.807, 2.05) is 46.5 Å². The van der Waals surface area contributed by atoms with Gasteiger partial charge in [0.25, 0.3) is 0 Å². The van der Waals surface area contributed by atoms with Gasteiger partial charge in [0.1, 0.15) is 5.82 Å². The van der Waals surface area contributed by atoms with Crippen LogP contribution in [0.25, 0.3) is 0 Å². The van der Waals surface area contributed by atoms with Crippen molar-refractivity contribution < 1.29 is 8.42 Å². The average molecular weight is 484 g/mol. The smallest absolute Gasteiger partial charge is 0.243 e. The van der Waals surface area contributed by atoms with Crippen LogP contribution in [0.4, 0.5) is 0 Å². The van der Waals surface area contributed by atoms with Gasteiger partial charge in [-0.15, -0.1) is 0 Å². The Hall–Kier alpha value is -2.33. The van der Waals surface area contributed by atoms with Gasteiger partial charge >= 0.3 is 0 Å². The predicted molar refractivity (Wildman–Crippen MR) is 130 cm³/mol. The number of rotatable bonds is 6. The standard InChI is InChI=1S/C24H29N5O2S2/c1-19-25-29(24(32)28(19)17-20-6-3-2-4-7-20)18-26-12-14-27(15-13-26)33(30,31)23-11-10-21-8-5-9-22(21)16-23/h2-4,6-7,10-11,16H,5,8-9,12-15,17-18H2,1H3. The number of sulfonamides is 1. The molecule has 0 amide bonds. The van der Waals surface area contributed by atoms with Gasteiger partial charge in [-0.2, -0.15) is 9.40 Å².